The molecule has 3 heteroatoms. The molecule has 0 heterocycles. The van der Waals surface area contributed by atoms with Crippen molar-refractivity contribution in [3.8, 4) is 0 Å². The van der Waals surface area contributed by atoms with Gasteiger partial charge in [0.2, 0.25) is 0 Å². The number of rotatable bonds is 2. The van der Waals surface area contributed by atoms with Gasteiger partial charge in [0, 0.05) is 11.7 Å². The summed E-state index contributed by atoms with van der Waals surface area (Å²) in [5, 5.41) is 3.76. The standard InChI is InChI=1S/C16H21ClFN/c1-15(2)10-6-7-16(3,9-10)14(15)19-11-4-5-12(17)13(18)8-11/h4-5,8,10,14,19H,6-7,9H2,1-3H3. The Bertz CT molecular complexity index is 509. The first-order valence-electron chi connectivity index (χ1n) is 7.04. The third-order valence-electron chi connectivity index (χ3n) is 5.50. The monoisotopic (exact) mass is 281 g/mol. The summed E-state index contributed by atoms with van der Waals surface area (Å²) in [6, 6.07) is 5.41. The average Bonchev–Trinajstić information content (AvgIpc) is 2.80. The predicted molar refractivity (Wildman–Crippen MR) is 78.0 cm³/mol. The quantitative estimate of drug-likeness (QED) is 0.795. The number of anilines is 1. The molecule has 1 aromatic rings. The van der Waals surface area contributed by atoms with E-state index < -0.39 is 0 Å². The first-order chi connectivity index (χ1) is 8.83. The molecule has 3 rings (SSSR count). The summed E-state index contributed by atoms with van der Waals surface area (Å²) in [6.07, 6.45) is 3.89. The SMILES string of the molecule is CC12CCC(C1)C(C)(C)C2Nc1ccc(Cl)c(F)c1. The zero-order chi connectivity index (χ0) is 13.8. The van der Waals surface area contributed by atoms with Crippen molar-refractivity contribution < 1.29 is 4.39 Å². The fraction of sp³-hybridized carbons (Fsp3) is 0.625. The van der Waals surface area contributed by atoms with E-state index in [0.29, 0.717) is 11.5 Å². The van der Waals surface area contributed by atoms with E-state index in [0.717, 1.165) is 11.6 Å². The van der Waals surface area contributed by atoms with Crippen molar-refractivity contribution in [3.63, 3.8) is 0 Å². The number of hydrogen-bond acceptors (Lipinski definition) is 1. The highest BCUT2D eigenvalue weighted by Gasteiger charge is 2.59. The van der Waals surface area contributed by atoms with Gasteiger partial charge in [-0.15, -0.1) is 0 Å². The van der Waals surface area contributed by atoms with Crippen LogP contribution >= 0.6 is 11.6 Å². The molecule has 104 valence electrons. The van der Waals surface area contributed by atoms with Gasteiger partial charge in [0.25, 0.3) is 0 Å². The highest BCUT2D eigenvalue weighted by atomic mass is 35.5. The molecular weight excluding hydrogens is 261 g/mol. The highest BCUT2D eigenvalue weighted by Crippen LogP contribution is 2.63. The largest absolute Gasteiger partial charge is 0.381 e. The van der Waals surface area contributed by atoms with Gasteiger partial charge in [0.05, 0.1) is 5.02 Å². The minimum Gasteiger partial charge on any atom is -0.381 e. The second kappa shape index (κ2) is 4.12. The van der Waals surface area contributed by atoms with E-state index in [1.165, 1.54) is 25.3 Å². The molecule has 0 aliphatic heterocycles. The molecule has 2 fully saturated rings. The van der Waals surface area contributed by atoms with Crippen LogP contribution in [-0.2, 0) is 0 Å². The molecule has 3 unspecified atom stereocenters. The molecule has 0 radical (unpaired) electrons. The van der Waals surface area contributed by atoms with Crippen LogP contribution < -0.4 is 5.32 Å². The van der Waals surface area contributed by atoms with Crippen LogP contribution in [0.2, 0.25) is 5.02 Å². The fourth-order valence-electron chi connectivity index (χ4n) is 4.41. The highest BCUT2D eigenvalue weighted by molar-refractivity contribution is 6.30. The van der Waals surface area contributed by atoms with Crippen LogP contribution in [-0.4, -0.2) is 6.04 Å². The summed E-state index contributed by atoms with van der Waals surface area (Å²) in [5.41, 5.74) is 1.45. The smallest absolute Gasteiger partial charge is 0.143 e. The van der Waals surface area contributed by atoms with Gasteiger partial charge in [-0.1, -0.05) is 32.4 Å². The maximum absolute atomic E-state index is 13.6. The fourth-order valence-corrected chi connectivity index (χ4v) is 4.53. The Morgan fingerprint density at radius 2 is 2.05 bits per heavy atom. The Labute approximate surface area is 119 Å². The summed E-state index contributed by atoms with van der Waals surface area (Å²) >= 11 is 5.74. The minimum atomic E-state index is -0.349. The van der Waals surface area contributed by atoms with E-state index in [9.17, 15) is 4.39 Å². The van der Waals surface area contributed by atoms with Crippen LogP contribution in [0.25, 0.3) is 0 Å². The van der Waals surface area contributed by atoms with Crippen LogP contribution in [0.1, 0.15) is 40.0 Å². The molecule has 2 aliphatic rings. The molecule has 0 saturated heterocycles. The van der Waals surface area contributed by atoms with E-state index in [4.69, 9.17) is 11.6 Å². The van der Waals surface area contributed by atoms with E-state index in [1.807, 2.05) is 6.07 Å². The van der Waals surface area contributed by atoms with Crippen molar-refractivity contribution in [3.05, 3.63) is 29.0 Å². The van der Waals surface area contributed by atoms with Crippen LogP contribution in [0.5, 0.6) is 0 Å². The molecule has 0 aromatic heterocycles. The van der Waals surface area contributed by atoms with Crippen LogP contribution in [0, 0.1) is 22.6 Å². The molecule has 0 amide bonds. The molecule has 2 aliphatic carbocycles. The summed E-state index contributed by atoms with van der Waals surface area (Å²) in [6.45, 7) is 7.05. The Morgan fingerprint density at radius 3 is 2.63 bits per heavy atom. The molecule has 3 atom stereocenters. The molecule has 2 saturated carbocycles. The first-order valence-corrected chi connectivity index (χ1v) is 7.42. The minimum absolute atomic E-state index is 0.184. The number of hydrogen-bond donors (Lipinski definition) is 1. The maximum Gasteiger partial charge on any atom is 0.143 e. The molecule has 19 heavy (non-hydrogen) atoms. The van der Waals surface area contributed by atoms with Crippen molar-refractivity contribution in [1.29, 1.82) is 0 Å². The van der Waals surface area contributed by atoms with Gasteiger partial charge < -0.3 is 5.32 Å². The summed E-state index contributed by atoms with van der Waals surface area (Å²) < 4.78 is 13.6. The van der Waals surface area contributed by atoms with Gasteiger partial charge in [0.1, 0.15) is 5.82 Å². The van der Waals surface area contributed by atoms with E-state index in [-0.39, 0.29) is 16.3 Å². The molecule has 0 spiro atoms. The predicted octanol–water partition coefficient (Wildman–Crippen LogP) is 5.11. The number of nitrogens with one attached hydrogen (secondary N) is 1. The lowest BCUT2D eigenvalue weighted by Crippen LogP contribution is -2.45. The topological polar surface area (TPSA) is 12.0 Å². The normalized spacial score (nSPS) is 35.6. The summed E-state index contributed by atoms with van der Waals surface area (Å²) in [5.74, 6) is 0.435. The Kier molecular flexibility index (Phi) is 2.87. The van der Waals surface area contributed by atoms with Crippen LogP contribution in [0.15, 0.2) is 18.2 Å². The lowest BCUT2D eigenvalue weighted by Gasteiger charge is -2.43. The van der Waals surface area contributed by atoms with Gasteiger partial charge in [-0.25, -0.2) is 4.39 Å². The van der Waals surface area contributed by atoms with Crippen molar-refractivity contribution in [1.82, 2.24) is 0 Å². The molecule has 1 aromatic carbocycles. The van der Waals surface area contributed by atoms with Gasteiger partial charge in [-0.05, 0) is 54.2 Å². The van der Waals surface area contributed by atoms with Gasteiger partial charge in [-0.3, -0.25) is 0 Å². The third-order valence-corrected chi connectivity index (χ3v) is 5.81. The van der Waals surface area contributed by atoms with E-state index in [1.54, 1.807) is 6.07 Å². The van der Waals surface area contributed by atoms with E-state index >= 15 is 0 Å². The molecule has 2 bridgehead atoms. The zero-order valence-corrected chi connectivity index (χ0v) is 12.5. The van der Waals surface area contributed by atoms with E-state index in [2.05, 4.69) is 26.1 Å². The van der Waals surface area contributed by atoms with Gasteiger partial charge in [0.15, 0.2) is 0 Å². The second-order valence-corrected chi connectivity index (χ2v) is 7.53. The summed E-state index contributed by atoms with van der Waals surface area (Å²) in [7, 11) is 0. The van der Waals surface area contributed by atoms with Crippen molar-refractivity contribution in [2.45, 2.75) is 46.1 Å². The second-order valence-electron chi connectivity index (χ2n) is 7.12. The molecule has 1 nitrogen and oxygen atoms in total. The maximum atomic E-state index is 13.6. The zero-order valence-electron chi connectivity index (χ0n) is 11.8. The van der Waals surface area contributed by atoms with Gasteiger partial charge in [-0.2, -0.15) is 0 Å². The lowest BCUT2D eigenvalue weighted by molar-refractivity contribution is 0.155. The number of fused-ring (bicyclic) bond motifs is 2. The number of benzene rings is 1. The Morgan fingerprint density at radius 1 is 1.32 bits per heavy atom. The Balaban J connectivity index is 1.88. The summed E-state index contributed by atoms with van der Waals surface area (Å²) in [4.78, 5) is 0. The lowest BCUT2D eigenvalue weighted by atomic mass is 9.68. The van der Waals surface area contributed by atoms with Crippen LogP contribution in [0.4, 0.5) is 10.1 Å². The molecular formula is C16H21ClFN. The third kappa shape index (κ3) is 1.96. The van der Waals surface area contributed by atoms with Crippen LogP contribution in [0.3, 0.4) is 0 Å². The van der Waals surface area contributed by atoms with Gasteiger partial charge >= 0.3 is 0 Å². The first kappa shape index (κ1) is 13.2. The van der Waals surface area contributed by atoms with Crippen molar-refractivity contribution >= 4 is 17.3 Å². The van der Waals surface area contributed by atoms with Crippen molar-refractivity contribution in [2.24, 2.45) is 16.7 Å². The average molecular weight is 282 g/mol. The van der Waals surface area contributed by atoms with Crippen molar-refractivity contribution in [2.75, 3.05) is 5.32 Å². The molecule has 1 N–H and O–H groups in total. The number of halogens is 2. The Hall–Kier alpha value is -0.760.